The molecule has 1 N–H and O–H groups in total. The van der Waals surface area contributed by atoms with Crippen molar-refractivity contribution >= 4 is 39.8 Å². The molecule has 36 heavy (non-hydrogen) atoms. The average Bonchev–Trinajstić information content (AvgIpc) is 3.56. The summed E-state index contributed by atoms with van der Waals surface area (Å²) in [6, 6.07) is 25.0. The fourth-order valence-electron chi connectivity index (χ4n) is 3.38. The molecule has 0 radical (unpaired) electrons. The van der Waals surface area contributed by atoms with Crippen LogP contribution < -0.4 is 5.43 Å². The van der Waals surface area contributed by atoms with Gasteiger partial charge in [-0.1, -0.05) is 58.0 Å². The molecule has 8 nitrogen and oxygen atoms in total. The highest BCUT2D eigenvalue weighted by molar-refractivity contribution is 9.10. The smallest absolute Gasteiger partial charge is 0.250 e. The van der Waals surface area contributed by atoms with Gasteiger partial charge in [0.2, 0.25) is 0 Å². The van der Waals surface area contributed by atoms with Gasteiger partial charge in [-0.25, -0.2) is 5.43 Å². The Morgan fingerprint density at radius 2 is 1.75 bits per heavy atom. The van der Waals surface area contributed by atoms with Gasteiger partial charge in [0, 0.05) is 33.7 Å². The Labute approximate surface area is 219 Å². The first-order chi connectivity index (χ1) is 17.7. The molecule has 0 atom stereocenters. The molecule has 5 aromatic rings. The molecule has 0 aliphatic heterocycles. The standard InChI is InChI=1S/C26H19BrN6O2S/c27-20-8-6-18(7-9-20)23-11-10-22(35-23)16-29-30-24(34)17-36-26-32-31-25(19-12-14-28-15-13-19)33(26)21-4-2-1-3-5-21/h1-16H,17H2,(H,30,34). The summed E-state index contributed by atoms with van der Waals surface area (Å²) >= 11 is 4.70. The number of pyridine rings is 1. The molecule has 0 aliphatic rings. The topological polar surface area (TPSA) is 98.2 Å². The van der Waals surface area contributed by atoms with Gasteiger partial charge in [-0.15, -0.1) is 10.2 Å². The van der Waals surface area contributed by atoms with E-state index in [-0.39, 0.29) is 11.7 Å². The van der Waals surface area contributed by atoms with E-state index in [1.54, 1.807) is 18.5 Å². The van der Waals surface area contributed by atoms with E-state index in [0.29, 0.717) is 16.7 Å². The number of thioether (sulfide) groups is 1. The second-order valence-corrected chi connectivity index (χ2v) is 9.36. The number of halogens is 1. The van der Waals surface area contributed by atoms with Crippen molar-refractivity contribution in [3.8, 4) is 28.4 Å². The van der Waals surface area contributed by atoms with Crippen molar-refractivity contribution in [2.45, 2.75) is 5.16 Å². The number of nitrogens with zero attached hydrogens (tertiary/aromatic N) is 5. The molecular weight excluding hydrogens is 540 g/mol. The van der Waals surface area contributed by atoms with Crippen molar-refractivity contribution in [3.63, 3.8) is 0 Å². The van der Waals surface area contributed by atoms with Gasteiger partial charge in [0.1, 0.15) is 11.5 Å². The Bertz CT molecular complexity index is 1480. The predicted molar refractivity (Wildman–Crippen MR) is 143 cm³/mol. The van der Waals surface area contributed by atoms with Gasteiger partial charge >= 0.3 is 0 Å². The number of aromatic nitrogens is 4. The van der Waals surface area contributed by atoms with Crippen LogP contribution in [0.1, 0.15) is 5.76 Å². The third-order valence-electron chi connectivity index (χ3n) is 5.06. The molecule has 178 valence electrons. The number of furan rings is 1. The second-order valence-electron chi connectivity index (χ2n) is 7.50. The largest absolute Gasteiger partial charge is 0.455 e. The lowest BCUT2D eigenvalue weighted by Crippen LogP contribution is -2.19. The van der Waals surface area contributed by atoms with Gasteiger partial charge in [-0.2, -0.15) is 5.10 Å². The minimum Gasteiger partial charge on any atom is -0.455 e. The molecule has 3 aromatic heterocycles. The lowest BCUT2D eigenvalue weighted by Gasteiger charge is -2.09. The molecule has 0 spiro atoms. The summed E-state index contributed by atoms with van der Waals surface area (Å²) < 4.78 is 8.70. The fraction of sp³-hybridized carbons (Fsp3) is 0.0385. The van der Waals surface area contributed by atoms with Gasteiger partial charge in [0.15, 0.2) is 11.0 Å². The fourth-order valence-corrected chi connectivity index (χ4v) is 4.39. The van der Waals surface area contributed by atoms with Crippen molar-refractivity contribution in [1.29, 1.82) is 0 Å². The van der Waals surface area contributed by atoms with Crippen molar-refractivity contribution in [3.05, 3.63) is 101 Å². The summed E-state index contributed by atoms with van der Waals surface area (Å²) in [6.07, 6.45) is 4.88. The molecular formula is C26H19BrN6O2S. The zero-order valence-electron chi connectivity index (χ0n) is 18.8. The molecule has 5 rings (SSSR count). The number of rotatable bonds is 8. The van der Waals surface area contributed by atoms with E-state index in [1.807, 2.05) is 77.4 Å². The zero-order chi connectivity index (χ0) is 24.7. The van der Waals surface area contributed by atoms with E-state index in [0.717, 1.165) is 27.0 Å². The van der Waals surface area contributed by atoms with E-state index < -0.39 is 0 Å². The third kappa shape index (κ3) is 5.61. The lowest BCUT2D eigenvalue weighted by molar-refractivity contribution is -0.118. The molecule has 10 heteroatoms. The minimum atomic E-state index is -0.274. The summed E-state index contributed by atoms with van der Waals surface area (Å²) in [4.78, 5) is 16.5. The lowest BCUT2D eigenvalue weighted by atomic mass is 10.2. The number of benzene rings is 2. The Kier molecular flexibility index (Phi) is 7.34. The number of para-hydroxylation sites is 1. The normalized spacial score (nSPS) is 11.1. The molecule has 0 unspecified atom stereocenters. The van der Waals surface area contributed by atoms with Crippen molar-refractivity contribution < 1.29 is 9.21 Å². The van der Waals surface area contributed by atoms with E-state index in [1.165, 1.54) is 18.0 Å². The van der Waals surface area contributed by atoms with Crippen LogP contribution in [0.15, 0.2) is 110 Å². The maximum atomic E-state index is 12.4. The Morgan fingerprint density at radius 1 is 0.972 bits per heavy atom. The monoisotopic (exact) mass is 558 g/mol. The van der Waals surface area contributed by atoms with Crippen LogP contribution in [0.25, 0.3) is 28.4 Å². The van der Waals surface area contributed by atoms with Crippen LogP contribution in [0.5, 0.6) is 0 Å². The van der Waals surface area contributed by atoms with Gasteiger partial charge < -0.3 is 4.42 Å². The van der Waals surface area contributed by atoms with E-state index in [2.05, 4.69) is 41.6 Å². The zero-order valence-corrected chi connectivity index (χ0v) is 21.2. The third-order valence-corrected chi connectivity index (χ3v) is 6.51. The predicted octanol–water partition coefficient (Wildman–Crippen LogP) is 5.59. The Balaban J connectivity index is 1.24. The molecule has 0 saturated carbocycles. The first-order valence-electron chi connectivity index (χ1n) is 10.9. The number of hydrogen-bond donors (Lipinski definition) is 1. The summed E-state index contributed by atoms with van der Waals surface area (Å²) in [5, 5.41) is 13.3. The summed E-state index contributed by atoms with van der Waals surface area (Å²) in [6.45, 7) is 0. The Hall–Kier alpha value is -4.02. The number of hydrazone groups is 1. The van der Waals surface area contributed by atoms with Crippen molar-refractivity contribution in [2.75, 3.05) is 5.75 Å². The average molecular weight is 559 g/mol. The molecule has 0 fully saturated rings. The van der Waals surface area contributed by atoms with Gasteiger partial charge in [-0.05, 0) is 48.5 Å². The van der Waals surface area contributed by atoms with Crippen LogP contribution in [0, 0.1) is 0 Å². The number of carbonyl (C=O) groups excluding carboxylic acids is 1. The summed E-state index contributed by atoms with van der Waals surface area (Å²) in [5.74, 6) is 1.76. The summed E-state index contributed by atoms with van der Waals surface area (Å²) in [5.41, 5.74) is 5.26. The maximum Gasteiger partial charge on any atom is 0.250 e. The maximum absolute atomic E-state index is 12.4. The van der Waals surface area contributed by atoms with Crippen LogP contribution in [0.3, 0.4) is 0 Å². The number of amides is 1. The molecule has 0 saturated heterocycles. The molecule has 2 aromatic carbocycles. The van der Waals surface area contributed by atoms with Crippen LogP contribution in [0.4, 0.5) is 0 Å². The van der Waals surface area contributed by atoms with Crippen molar-refractivity contribution in [1.82, 2.24) is 25.2 Å². The first kappa shape index (κ1) is 23.7. The highest BCUT2D eigenvalue weighted by atomic mass is 79.9. The minimum absolute atomic E-state index is 0.112. The number of nitrogens with one attached hydrogen (secondary N) is 1. The van der Waals surface area contributed by atoms with E-state index >= 15 is 0 Å². The van der Waals surface area contributed by atoms with Crippen molar-refractivity contribution in [2.24, 2.45) is 5.10 Å². The summed E-state index contributed by atoms with van der Waals surface area (Å²) in [7, 11) is 0. The molecule has 0 bridgehead atoms. The first-order valence-corrected chi connectivity index (χ1v) is 12.7. The van der Waals surface area contributed by atoms with Crippen LogP contribution >= 0.6 is 27.7 Å². The molecule has 1 amide bonds. The van der Waals surface area contributed by atoms with Crippen LogP contribution in [-0.4, -0.2) is 37.6 Å². The van der Waals surface area contributed by atoms with E-state index in [9.17, 15) is 4.79 Å². The van der Waals surface area contributed by atoms with Gasteiger partial charge in [0.05, 0.1) is 12.0 Å². The second kappa shape index (κ2) is 11.1. The van der Waals surface area contributed by atoms with Gasteiger partial charge in [-0.3, -0.25) is 14.3 Å². The highest BCUT2D eigenvalue weighted by Crippen LogP contribution is 2.27. The number of hydrogen-bond acceptors (Lipinski definition) is 7. The Morgan fingerprint density at radius 3 is 2.53 bits per heavy atom. The molecule has 3 heterocycles. The molecule has 0 aliphatic carbocycles. The SMILES string of the molecule is O=C(CSc1nnc(-c2ccncc2)n1-c1ccccc1)NN=Cc1ccc(-c2ccc(Br)cc2)o1. The highest BCUT2D eigenvalue weighted by Gasteiger charge is 2.17. The van der Waals surface area contributed by atoms with Crippen LogP contribution in [0.2, 0.25) is 0 Å². The van der Waals surface area contributed by atoms with E-state index in [4.69, 9.17) is 4.42 Å². The quantitative estimate of drug-likeness (QED) is 0.151. The van der Waals surface area contributed by atoms with Crippen LogP contribution in [-0.2, 0) is 4.79 Å². The van der Waals surface area contributed by atoms with Gasteiger partial charge in [0.25, 0.3) is 5.91 Å². The number of carbonyl (C=O) groups is 1.